The second-order valence-electron chi connectivity index (χ2n) is 7.35. The molecule has 1 fully saturated rings. The van der Waals surface area contributed by atoms with E-state index in [0.717, 1.165) is 22.5 Å². The second-order valence-corrected chi connectivity index (χ2v) is 9.61. The zero-order valence-corrected chi connectivity index (χ0v) is 18.4. The molecule has 0 radical (unpaired) electrons. The average Bonchev–Trinajstić information content (AvgIpc) is 2.75. The topological polar surface area (TPSA) is 77.9 Å². The number of likely N-dealkylation sites (tertiary alicyclic amines) is 1. The number of carbonyl (C=O) groups excluding carboxylic acids is 1. The van der Waals surface area contributed by atoms with Crippen molar-refractivity contribution in [2.24, 2.45) is 0 Å². The van der Waals surface area contributed by atoms with Crippen LogP contribution in [-0.4, -0.2) is 49.6 Å². The van der Waals surface area contributed by atoms with Crippen molar-refractivity contribution in [1.29, 1.82) is 0 Å². The van der Waals surface area contributed by atoms with Gasteiger partial charge in [0.2, 0.25) is 0 Å². The molecule has 2 atom stereocenters. The Morgan fingerprint density at radius 3 is 2.58 bits per heavy atom. The zero-order valence-electron chi connectivity index (χ0n) is 16.8. The SMILES string of the molecule is CCC(O)C(=O)N1CCCC(N(c2cc(F)ccc2F)S(=O)(=O)c2ccc(Cl)cc2)C1. The van der Waals surface area contributed by atoms with Gasteiger partial charge in [0, 0.05) is 24.2 Å². The number of sulfonamides is 1. The van der Waals surface area contributed by atoms with Crippen LogP contribution in [0.25, 0.3) is 0 Å². The van der Waals surface area contributed by atoms with E-state index < -0.39 is 45.4 Å². The monoisotopic (exact) mass is 472 g/mol. The number of nitrogens with zero attached hydrogens (tertiary/aromatic N) is 2. The fourth-order valence-electron chi connectivity index (χ4n) is 3.63. The molecule has 0 spiro atoms. The van der Waals surface area contributed by atoms with Crippen molar-refractivity contribution in [3.63, 3.8) is 0 Å². The minimum Gasteiger partial charge on any atom is -0.383 e. The fraction of sp³-hybridized carbons (Fsp3) is 0.381. The highest BCUT2D eigenvalue weighted by atomic mass is 35.5. The Labute approximate surface area is 185 Å². The van der Waals surface area contributed by atoms with E-state index in [1.54, 1.807) is 6.92 Å². The number of halogens is 3. The Morgan fingerprint density at radius 1 is 1.26 bits per heavy atom. The van der Waals surface area contributed by atoms with Crippen molar-refractivity contribution in [1.82, 2.24) is 4.90 Å². The van der Waals surface area contributed by atoms with Crippen LogP contribution in [0.5, 0.6) is 0 Å². The minimum absolute atomic E-state index is 0.0569. The number of benzene rings is 2. The fourth-order valence-corrected chi connectivity index (χ4v) is 5.43. The molecule has 2 aromatic carbocycles. The lowest BCUT2D eigenvalue weighted by atomic mass is 10.0. The number of amides is 1. The number of piperidine rings is 1. The summed E-state index contributed by atoms with van der Waals surface area (Å²) >= 11 is 5.86. The second kappa shape index (κ2) is 9.50. The maximum atomic E-state index is 14.7. The molecule has 31 heavy (non-hydrogen) atoms. The normalized spacial score (nSPS) is 18.0. The third-order valence-electron chi connectivity index (χ3n) is 5.23. The molecule has 1 heterocycles. The summed E-state index contributed by atoms with van der Waals surface area (Å²) in [6, 6.07) is 7.10. The lowest BCUT2D eigenvalue weighted by Gasteiger charge is -2.40. The van der Waals surface area contributed by atoms with Crippen molar-refractivity contribution in [3.05, 3.63) is 59.1 Å². The highest BCUT2D eigenvalue weighted by Gasteiger charge is 2.38. The van der Waals surface area contributed by atoms with Gasteiger partial charge in [0.1, 0.15) is 17.7 Å². The lowest BCUT2D eigenvalue weighted by Crippen LogP contribution is -2.53. The molecule has 1 amide bonds. The molecule has 1 saturated heterocycles. The van der Waals surface area contributed by atoms with Gasteiger partial charge < -0.3 is 10.0 Å². The van der Waals surface area contributed by atoms with E-state index in [0.29, 0.717) is 24.4 Å². The summed E-state index contributed by atoms with van der Waals surface area (Å²) in [6.07, 6.45) is -0.220. The van der Waals surface area contributed by atoms with Crippen LogP contribution in [0.3, 0.4) is 0 Å². The molecule has 3 rings (SSSR count). The standard InChI is InChI=1S/C21H23ClF2N2O4S/c1-2-20(27)21(28)25-11-3-4-16(13-25)26(19-12-15(23)7-10-18(19)24)31(29,30)17-8-5-14(22)6-9-17/h5-10,12,16,20,27H,2-4,11,13H2,1H3. The van der Waals surface area contributed by atoms with E-state index in [1.807, 2.05) is 0 Å². The smallest absolute Gasteiger partial charge is 0.264 e. The van der Waals surface area contributed by atoms with E-state index in [-0.39, 0.29) is 17.9 Å². The van der Waals surface area contributed by atoms with Gasteiger partial charge in [-0.05, 0) is 55.7 Å². The minimum atomic E-state index is -4.32. The highest BCUT2D eigenvalue weighted by Crippen LogP contribution is 2.33. The number of hydrogen-bond acceptors (Lipinski definition) is 4. The summed E-state index contributed by atoms with van der Waals surface area (Å²) in [7, 11) is -4.32. The molecular weight excluding hydrogens is 450 g/mol. The van der Waals surface area contributed by atoms with Gasteiger partial charge in [-0.3, -0.25) is 9.10 Å². The maximum Gasteiger partial charge on any atom is 0.264 e. The molecule has 1 aliphatic heterocycles. The first-order valence-electron chi connectivity index (χ1n) is 9.87. The van der Waals surface area contributed by atoms with Crippen molar-refractivity contribution in [2.45, 2.75) is 43.2 Å². The van der Waals surface area contributed by atoms with E-state index in [1.165, 1.54) is 29.2 Å². The Hall–Kier alpha value is -2.23. The quantitative estimate of drug-likeness (QED) is 0.697. The summed E-state index contributed by atoms with van der Waals surface area (Å²) < 4.78 is 56.5. The first-order chi connectivity index (χ1) is 14.6. The van der Waals surface area contributed by atoms with Gasteiger partial charge in [0.25, 0.3) is 15.9 Å². The third-order valence-corrected chi connectivity index (χ3v) is 7.36. The van der Waals surface area contributed by atoms with Crippen LogP contribution in [0, 0.1) is 11.6 Å². The van der Waals surface area contributed by atoms with Crippen molar-refractivity contribution in [2.75, 3.05) is 17.4 Å². The Morgan fingerprint density at radius 2 is 1.94 bits per heavy atom. The predicted octanol–water partition coefficient (Wildman–Crippen LogP) is 3.58. The first-order valence-corrected chi connectivity index (χ1v) is 11.7. The van der Waals surface area contributed by atoms with Crippen LogP contribution < -0.4 is 4.31 Å². The molecule has 2 aromatic rings. The van der Waals surface area contributed by atoms with Gasteiger partial charge in [-0.2, -0.15) is 0 Å². The molecule has 6 nitrogen and oxygen atoms in total. The van der Waals surface area contributed by atoms with Crippen molar-refractivity contribution >= 4 is 33.2 Å². The van der Waals surface area contributed by atoms with Crippen LogP contribution in [0.1, 0.15) is 26.2 Å². The number of aliphatic hydroxyl groups excluding tert-OH is 1. The van der Waals surface area contributed by atoms with Gasteiger partial charge in [-0.1, -0.05) is 18.5 Å². The molecule has 168 valence electrons. The maximum absolute atomic E-state index is 14.7. The van der Waals surface area contributed by atoms with Gasteiger partial charge in [0.15, 0.2) is 0 Å². The number of rotatable bonds is 6. The van der Waals surface area contributed by atoms with Crippen molar-refractivity contribution in [3.8, 4) is 0 Å². The molecule has 0 bridgehead atoms. The summed E-state index contributed by atoms with van der Waals surface area (Å²) in [6.45, 7) is 1.94. The summed E-state index contributed by atoms with van der Waals surface area (Å²) in [5.41, 5.74) is -0.440. The van der Waals surface area contributed by atoms with Crippen LogP contribution in [0.2, 0.25) is 5.02 Å². The van der Waals surface area contributed by atoms with Gasteiger partial charge in [-0.25, -0.2) is 17.2 Å². The highest BCUT2D eigenvalue weighted by molar-refractivity contribution is 7.92. The number of anilines is 1. The van der Waals surface area contributed by atoms with E-state index in [4.69, 9.17) is 11.6 Å². The lowest BCUT2D eigenvalue weighted by molar-refractivity contribution is -0.141. The van der Waals surface area contributed by atoms with Crippen molar-refractivity contribution < 1.29 is 27.1 Å². The summed E-state index contributed by atoms with van der Waals surface area (Å²) in [5.74, 6) is -2.22. The molecular formula is C21H23ClF2N2O4S. The predicted molar refractivity (Wildman–Crippen MR) is 113 cm³/mol. The Bertz CT molecular complexity index is 1050. The average molecular weight is 473 g/mol. The van der Waals surface area contributed by atoms with Crippen LogP contribution >= 0.6 is 11.6 Å². The molecule has 0 aliphatic carbocycles. The van der Waals surface area contributed by atoms with Gasteiger partial charge in [-0.15, -0.1) is 0 Å². The third kappa shape index (κ3) is 4.99. The Kier molecular flexibility index (Phi) is 7.18. The molecule has 1 aliphatic rings. The van der Waals surface area contributed by atoms with Gasteiger partial charge in [0.05, 0.1) is 16.6 Å². The number of aliphatic hydroxyl groups is 1. The number of hydrogen-bond donors (Lipinski definition) is 1. The molecule has 0 aromatic heterocycles. The first kappa shape index (κ1) is 23.4. The molecule has 10 heteroatoms. The van der Waals surface area contributed by atoms with E-state index in [2.05, 4.69) is 0 Å². The van der Waals surface area contributed by atoms with E-state index >= 15 is 0 Å². The van der Waals surface area contributed by atoms with Crippen LogP contribution in [-0.2, 0) is 14.8 Å². The van der Waals surface area contributed by atoms with Crippen LogP contribution in [0.4, 0.5) is 14.5 Å². The van der Waals surface area contributed by atoms with E-state index in [9.17, 15) is 27.1 Å². The van der Waals surface area contributed by atoms with Crippen LogP contribution in [0.15, 0.2) is 47.4 Å². The largest absolute Gasteiger partial charge is 0.383 e. The van der Waals surface area contributed by atoms with Gasteiger partial charge >= 0.3 is 0 Å². The Balaban J connectivity index is 2.07. The molecule has 2 unspecified atom stereocenters. The number of carbonyl (C=O) groups is 1. The zero-order chi connectivity index (χ0) is 22.8. The summed E-state index contributed by atoms with van der Waals surface area (Å²) in [4.78, 5) is 13.7. The molecule has 1 N–H and O–H groups in total. The molecule has 0 saturated carbocycles. The summed E-state index contributed by atoms with van der Waals surface area (Å²) in [5, 5.41) is 10.2.